The smallest absolute Gasteiger partial charge is 0.161 e. The van der Waals surface area contributed by atoms with E-state index in [9.17, 15) is 0 Å². The maximum atomic E-state index is 4.64. The zero-order chi connectivity index (χ0) is 14.7. The van der Waals surface area contributed by atoms with Gasteiger partial charge in [-0.05, 0) is 79.3 Å². The molecule has 106 valence electrons. The van der Waals surface area contributed by atoms with Crippen LogP contribution in [0.4, 0.5) is 5.82 Å². The normalized spacial score (nSPS) is 10.7. The predicted octanol–water partition coefficient (Wildman–Crippen LogP) is 5.43. The van der Waals surface area contributed by atoms with Gasteiger partial charge in [0.2, 0.25) is 0 Å². The van der Waals surface area contributed by atoms with Crippen molar-refractivity contribution in [3.05, 3.63) is 37.3 Å². The second kappa shape index (κ2) is 7.00. The summed E-state index contributed by atoms with van der Waals surface area (Å²) in [7, 11) is 0. The van der Waals surface area contributed by atoms with Crippen LogP contribution in [0.1, 0.15) is 19.5 Å². The van der Waals surface area contributed by atoms with E-state index in [-0.39, 0.29) is 0 Å². The van der Waals surface area contributed by atoms with E-state index in [1.54, 1.807) is 0 Å². The van der Waals surface area contributed by atoms with Gasteiger partial charge in [-0.2, -0.15) is 0 Å². The van der Waals surface area contributed by atoms with E-state index >= 15 is 0 Å². The fourth-order valence-corrected chi connectivity index (χ4v) is 3.00. The Morgan fingerprint density at radius 2 is 1.80 bits per heavy atom. The highest BCUT2D eigenvalue weighted by Crippen LogP contribution is 2.31. The molecule has 0 amide bonds. The topological polar surface area (TPSA) is 37.8 Å². The SMILES string of the molecule is CCNc1nc(-c2ccc(Br)c(Br)c2)nc(CC)c1Br. The van der Waals surface area contributed by atoms with Gasteiger partial charge in [-0.15, -0.1) is 0 Å². The fraction of sp³-hybridized carbons (Fsp3) is 0.286. The van der Waals surface area contributed by atoms with E-state index in [0.717, 1.165) is 49.3 Å². The molecule has 0 fully saturated rings. The molecule has 0 aliphatic heterocycles. The minimum absolute atomic E-state index is 0.731. The molecule has 20 heavy (non-hydrogen) atoms. The standard InChI is InChI=1S/C14H14Br3N3/c1-3-11-12(17)14(18-4-2)20-13(19-11)8-5-6-9(15)10(16)7-8/h5-7H,3-4H2,1-2H3,(H,18,19,20). The molecule has 3 nitrogen and oxygen atoms in total. The lowest BCUT2D eigenvalue weighted by atomic mass is 10.2. The Hall–Kier alpha value is -0.460. The average Bonchev–Trinajstić information content (AvgIpc) is 2.44. The summed E-state index contributed by atoms with van der Waals surface area (Å²) in [5, 5.41) is 3.27. The van der Waals surface area contributed by atoms with Crippen molar-refractivity contribution < 1.29 is 0 Å². The van der Waals surface area contributed by atoms with Crippen molar-refractivity contribution in [1.29, 1.82) is 0 Å². The molecule has 1 aromatic heterocycles. The van der Waals surface area contributed by atoms with Crippen LogP contribution < -0.4 is 5.32 Å². The molecular weight excluding hydrogens is 450 g/mol. The Morgan fingerprint density at radius 1 is 1.05 bits per heavy atom. The lowest BCUT2D eigenvalue weighted by Crippen LogP contribution is -2.05. The first-order valence-corrected chi connectivity index (χ1v) is 8.70. The van der Waals surface area contributed by atoms with Crippen LogP contribution in [0, 0.1) is 0 Å². The van der Waals surface area contributed by atoms with Crippen LogP contribution in [0.2, 0.25) is 0 Å². The maximum absolute atomic E-state index is 4.64. The number of aryl methyl sites for hydroxylation is 1. The van der Waals surface area contributed by atoms with Crippen LogP contribution in [0.15, 0.2) is 31.6 Å². The summed E-state index contributed by atoms with van der Waals surface area (Å²) >= 11 is 10.6. The number of benzene rings is 1. The molecule has 0 bridgehead atoms. The van der Waals surface area contributed by atoms with Crippen LogP contribution in [-0.4, -0.2) is 16.5 Å². The van der Waals surface area contributed by atoms with Crippen LogP contribution in [0.3, 0.4) is 0 Å². The lowest BCUT2D eigenvalue weighted by Gasteiger charge is -2.11. The zero-order valence-corrected chi connectivity index (χ0v) is 15.9. The second-order valence-electron chi connectivity index (χ2n) is 4.17. The van der Waals surface area contributed by atoms with Crippen molar-refractivity contribution in [2.24, 2.45) is 0 Å². The molecule has 1 N–H and O–H groups in total. The van der Waals surface area contributed by atoms with Crippen molar-refractivity contribution in [2.75, 3.05) is 11.9 Å². The number of hydrogen-bond acceptors (Lipinski definition) is 3. The highest BCUT2D eigenvalue weighted by Gasteiger charge is 2.12. The van der Waals surface area contributed by atoms with Gasteiger partial charge in [0.1, 0.15) is 5.82 Å². The van der Waals surface area contributed by atoms with Crippen LogP contribution in [-0.2, 0) is 6.42 Å². The van der Waals surface area contributed by atoms with E-state index in [1.165, 1.54) is 0 Å². The molecule has 0 saturated heterocycles. The van der Waals surface area contributed by atoms with E-state index < -0.39 is 0 Å². The Kier molecular flexibility index (Phi) is 5.57. The fourth-order valence-electron chi connectivity index (χ4n) is 1.78. The van der Waals surface area contributed by atoms with E-state index in [1.807, 2.05) is 18.2 Å². The highest BCUT2D eigenvalue weighted by molar-refractivity contribution is 9.13. The summed E-state index contributed by atoms with van der Waals surface area (Å²) < 4.78 is 2.95. The molecule has 0 spiro atoms. The summed E-state index contributed by atoms with van der Waals surface area (Å²) in [6, 6.07) is 6.01. The van der Waals surface area contributed by atoms with Crippen molar-refractivity contribution in [1.82, 2.24) is 9.97 Å². The minimum atomic E-state index is 0.731. The Balaban J connectivity index is 2.55. The van der Waals surface area contributed by atoms with Gasteiger partial charge in [0.15, 0.2) is 5.82 Å². The molecule has 2 aromatic rings. The Labute approximate surface area is 144 Å². The number of aromatic nitrogens is 2. The third kappa shape index (κ3) is 3.40. The predicted molar refractivity (Wildman–Crippen MR) is 94.1 cm³/mol. The highest BCUT2D eigenvalue weighted by atomic mass is 79.9. The summed E-state index contributed by atoms with van der Waals surface area (Å²) in [5.41, 5.74) is 1.99. The van der Waals surface area contributed by atoms with Gasteiger partial charge in [-0.25, -0.2) is 9.97 Å². The maximum Gasteiger partial charge on any atom is 0.161 e. The van der Waals surface area contributed by atoms with Crippen molar-refractivity contribution in [3.8, 4) is 11.4 Å². The average molecular weight is 464 g/mol. The van der Waals surface area contributed by atoms with E-state index in [0.29, 0.717) is 0 Å². The Bertz CT molecular complexity index is 629. The lowest BCUT2D eigenvalue weighted by molar-refractivity contribution is 0.984. The molecule has 2 rings (SSSR count). The number of anilines is 1. The molecular formula is C14H14Br3N3. The number of hydrogen-bond donors (Lipinski definition) is 1. The van der Waals surface area contributed by atoms with Crippen LogP contribution >= 0.6 is 47.8 Å². The third-order valence-corrected chi connectivity index (χ3v) is 5.49. The van der Waals surface area contributed by atoms with Gasteiger partial charge in [-0.1, -0.05) is 6.92 Å². The summed E-state index contributed by atoms with van der Waals surface area (Å²) in [6.45, 7) is 4.96. The molecule has 0 atom stereocenters. The first-order chi connectivity index (χ1) is 9.56. The third-order valence-electron chi connectivity index (χ3n) is 2.78. The molecule has 0 unspecified atom stereocenters. The molecule has 6 heteroatoms. The number of rotatable bonds is 4. The first-order valence-electron chi connectivity index (χ1n) is 6.32. The molecule has 0 aliphatic rings. The van der Waals surface area contributed by atoms with E-state index in [2.05, 4.69) is 76.9 Å². The molecule has 1 aromatic carbocycles. The number of halogens is 3. The van der Waals surface area contributed by atoms with E-state index in [4.69, 9.17) is 0 Å². The molecule has 0 radical (unpaired) electrons. The van der Waals surface area contributed by atoms with Gasteiger partial charge < -0.3 is 5.32 Å². The second-order valence-corrected chi connectivity index (χ2v) is 6.67. The van der Waals surface area contributed by atoms with Gasteiger partial charge in [-0.3, -0.25) is 0 Å². The van der Waals surface area contributed by atoms with Crippen LogP contribution in [0.25, 0.3) is 11.4 Å². The molecule has 1 heterocycles. The number of nitrogens with zero attached hydrogens (tertiary/aromatic N) is 2. The number of nitrogens with one attached hydrogen (secondary N) is 1. The molecule has 0 saturated carbocycles. The summed E-state index contributed by atoms with van der Waals surface area (Å²) in [4.78, 5) is 9.25. The van der Waals surface area contributed by atoms with Crippen molar-refractivity contribution >= 4 is 53.6 Å². The minimum Gasteiger partial charge on any atom is -0.369 e. The van der Waals surface area contributed by atoms with Crippen molar-refractivity contribution in [3.63, 3.8) is 0 Å². The van der Waals surface area contributed by atoms with Crippen LogP contribution in [0.5, 0.6) is 0 Å². The van der Waals surface area contributed by atoms with Crippen molar-refractivity contribution in [2.45, 2.75) is 20.3 Å². The van der Waals surface area contributed by atoms with Gasteiger partial charge in [0, 0.05) is 21.1 Å². The van der Waals surface area contributed by atoms with Gasteiger partial charge in [0.05, 0.1) is 10.2 Å². The van der Waals surface area contributed by atoms with Gasteiger partial charge in [0.25, 0.3) is 0 Å². The summed E-state index contributed by atoms with van der Waals surface area (Å²) in [5.74, 6) is 1.57. The first kappa shape index (κ1) is 15.9. The monoisotopic (exact) mass is 461 g/mol. The largest absolute Gasteiger partial charge is 0.369 e. The summed E-state index contributed by atoms with van der Waals surface area (Å²) in [6.07, 6.45) is 0.853. The van der Waals surface area contributed by atoms with Gasteiger partial charge >= 0.3 is 0 Å². The quantitative estimate of drug-likeness (QED) is 0.657. The zero-order valence-electron chi connectivity index (χ0n) is 11.2. The molecule has 0 aliphatic carbocycles. The Morgan fingerprint density at radius 3 is 2.40 bits per heavy atom.